The number of hydrogen-bond donors (Lipinski definition) is 2. The summed E-state index contributed by atoms with van der Waals surface area (Å²) in [4.78, 5) is 0. The molecule has 0 aromatic carbocycles. The summed E-state index contributed by atoms with van der Waals surface area (Å²) in [5.74, 6) is 0.776. The zero-order chi connectivity index (χ0) is 16.0. The number of aliphatic hydroxyl groups is 1. The van der Waals surface area contributed by atoms with Gasteiger partial charge in [0.15, 0.2) is 0 Å². The molecular weight excluding hydrogens is 290 g/mol. The highest BCUT2D eigenvalue weighted by Crippen LogP contribution is 2.29. The van der Waals surface area contributed by atoms with Crippen LogP contribution in [0.2, 0.25) is 0 Å². The van der Waals surface area contributed by atoms with Crippen LogP contribution >= 0.6 is 0 Å². The fourth-order valence-corrected chi connectivity index (χ4v) is 3.86. The van der Waals surface area contributed by atoms with Crippen molar-refractivity contribution >= 4 is 10.1 Å². The molecule has 1 saturated carbocycles. The molecular formula is C15H31NO4S. The smallest absolute Gasteiger partial charge is 0.264 e. The van der Waals surface area contributed by atoms with E-state index in [-0.39, 0.29) is 5.92 Å². The summed E-state index contributed by atoms with van der Waals surface area (Å²) in [5.41, 5.74) is 6.18. The number of aliphatic hydroxyl groups excluding tert-OH is 1. The molecule has 5 nitrogen and oxygen atoms in total. The quantitative estimate of drug-likeness (QED) is 0.668. The summed E-state index contributed by atoms with van der Waals surface area (Å²) in [6.07, 6.45) is 6.49. The van der Waals surface area contributed by atoms with Gasteiger partial charge in [0, 0.05) is 6.04 Å². The minimum atomic E-state index is -3.63. The molecule has 1 aliphatic carbocycles. The fraction of sp³-hybridized carbons (Fsp3) is 1.00. The summed E-state index contributed by atoms with van der Waals surface area (Å²) in [6, 6.07) is -0.448. The molecule has 0 bridgehead atoms. The normalized spacial score (nSPS) is 22.2. The Bertz CT molecular complexity index is 390. The second kappa shape index (κ2) is 8.46. The van der Waals surface area contributed by atoms with E-state index < -0.39 is 28.4 Å². The second-order valence-electron chi connectivity index (χ2n) is 6.87. The van der Waals surface area contributed by atoms with Crippen molar-refractivity contribution in [2.24, 2.45) is 17.6 Å². The lowest BCUT2D eigenvalue weighted by atomic mass is 9.83. The molecule has 6 heteroatoms. The van der Waals surface area contributed by atoms with Crippen molar-refractivity contribution in [1.82, 2.24) is 0 Å². The van der Waals surface area contributed by atoms with Crippen LogP contribution in [-0.4, -0.2) is 38.0 Å². The van der Waals surface area contributed by atoms with Crippen LogP contribution in [0.1, 0.15) is 58.8 Å². The Labute approximate surface area is 129 Å². The third-order valence-corrected chi connectivity index (χ3v) is 4.70. The van der Waals surface area contributed by atoms with Crippen molar-refractivity contribution in [3.05, 3.63) is 0 Å². The minimum Gasteiger partial charge on any atom is -0.390 e. The molecule has 126 valence electrons. The van der Waals surface area contributed by atoms with Crippen molar-refractivity contribution in [1.29, 1.82) is 0 Å². The van der Waals surface area contributed by atoms with Crippen LogP contribution in [-0.2, 0) is 14.3 Å². The first-order chi connectivity index (χ1) is 9.69. The third-order valence-electron chi connectivity index (χ3n) is 4.13. The molecule has 3 atom stereocenters. The van der Waals surface area contributed by atoms with Crippen molar-refractivity contribution in [2.45, 2.75) is 77.0 Å². The highest BCUT2D eigenvalue weighted by molar-refractivity contribution is 7.86. The van der Waals surface area contributed by atoms with Gasteiger partial charge in [0.2, 0.25) is 0 Å². The lowest BCUT2D eigenvalue weighted by Gasteiger charge is -2.32. The number of nitrogens with two attached hydrogens (primary N) is 1. The van der Waals surface area contributed by atoms with Crippen molar-refractivity contribution in [3.8, 4) is 0 Å². The van der Waals surface area contributed by atoms with E-state index >= 15 is 0 Å². The highest BCUT2D eigenvalue weighted by Gasteiger charge is 2.32. The lowest BCUT2D eigenvalue weighted by Crippen LogP contribution is -2.47. The molecule has 1 fully saturated rings. The maximum absolute atomic E-state index is 11.4. The Kier molecular flexibility index (Phi) is 7.60. The predicted octanol–water partition coefficient (Wildman–Crippen LogP) is 2.04. The van der Waals surface area contributed by atoms with E-state index in [2.05, 4.69) is 0 Å². The van der Waals surface area contributed by atoms with Crippen LogP contribution in [0.5, 0.6) is 0 Å². The highest BCUT2D eigenvalue weighted by atomic mass is 32.2. The first-order valence-corrected chi connectivity index (χ1v) is 9.82. The lowest BCUT2D eigenvalue weighted by molar-refractivity contribution is 0.00786. The minimum absolute atomic E-state index is 0.257. The Hall–Kier alpha value is -0.170. The van der Waals surface area contributed by atoms with E-state index in [1.165, 1.54) is 19.3 Å². The maximum atomic E-state index is 11.4. The monoisotopic (exact) mass is 321 g/mol. The average molecular weight is 321 g/mol. The Morgan fingerprint density at radius 2 is 1.81 bits per heavy atom. The SMILES string of the molecule is CC(C)C[C@H](O)[C@H](OS(C)(=O)=O)[C@@H](N)CC1CCCCC1. The van der Waals surface area contributed by atoms with E-state index in [9.17, 15) is 13.5 Å². The first kappa shape index (κ1) is 18.9. The van der Waals surface area contributed by atoms with Gasteiger partial charge in [-0.3, -0.25) is 4.18 Å². The molecule has 0 aromatic heterocycles. The number of rotatable bonds is 8. The predicted molar refractivity (Wildman–Crippen MR) is 84.3 cm³/mol. The Morgan fingerprint density at radius 3 is 2.29 bits per heavy atom. The molecule has 0 heterocycles. The second-order valence-corrected chi connectivity index (χ2v) is 8.47. The molecule has 0 unspecified atom stereocenters. The number of hydrogen-bond acceptors (Lipinski definition) is 5. The summed E-state index contributed by atoms with van der Waals surface area (Å²) >= 11 is 0. The van der Waals surface area contributed by atoms with Crippen LogP contribution in [0.4, 0.5) is 0 Å². The van der Waals surface area contributed by atoms with Gasteiger partial charge in [0.1, 0.15) is 6.10 Å². The van der Waals surface area contributed by atoms with E-state index in [0.29, 0.717) is 12.3 Å². The van der Waals surface area contributed by atoms with Crippen molar-refractivity contribution in [2.75, 3.05) is 6.26 Å². The molecule has 0 aliphatic heterocycles. The van der Waals surface area contributed by atoms with Crippen LogP contribution in [0, 0.1) is 11.8 Å². The molecule has 0 saturated heterocycles. The van der Waals surface area contributed by atoms with Crippen LogP contribution < -0.4 is 5.73 Å². The molecule has 0 aromatic rings. The Morgan fingerprint density at radius 1 is 1.24 bits per heavy atom. The van der Waals surface area contributed by atoms with Gasteiger partial charge >= 0.3 is 0 Å². The van der Waals surface area contributed by atoms with Gasteiger partial charge in [-0.1, -0.05) is 46.0 Å². The van der Waals surface area contributed by atoms with Crippen molar-refractivity contribution in [3.63, 3.8) is 0 Å². The van der Waals surface area contributed by atoms with E-state index in [4.69, 9.17) is 9.92 Å². The summed E-state index contributed by atoms with van der Waals surface area (Å²) < 4.78 is 28.0. The van der Waals surface area contributed by atoms with Gasteiger partial charge in [-0.05, 0) is 24.7 Å². The molecule has 0 radical (unpaired) electrons. The van der Waals surface area contributed by atoms with Gasteiger partial charge in [0.25, 0.3) is 10.1 Å². The van der Waals surface area contributed by atoms with Gasteiger partial charge < -0.3 is 10.8 Å². The topological polar surface area (TPSA) is 89.6 Å². The summed E-state index contributed by atoms with van der Waals surface area (Å²) in [7, 11) is -3.63. The molecule has 0 spiro atoms. The van der Waals surface area contributed by atoms with Crippen LogP contribution in [0.25, 0.3) is 0 Å². The van der Waals surface area contributed by atoms with Crippen LogP contribution in [0.15, 0.2) is 0 Å². The standard InChI is InChI=1S/C15H31NO4S/c1-11(2)9-14(17)15(20-21(3,18)19)13(16)10-12-7-5-4-6-8-12/h11-15,17H,4-10,16H2,1-3H3/t13-,14-,15+/m0/s1. The van der Waals surface area contributed by atoms with E-state index in [0.717, 1.165) is 25.5 Å². The molecule has 3 N–H and O–H groups in total. The van der Waals surface area contributed by atoms with Crippen LogP contribution in [0.3, 0.4) is 0 Å². The largest absolute Gasteiger partial charge is 0.390 e. The molecule has 1 rings (SSSR count). The maximum Gasteiger partial charge on any atom is 0.264 e. The van der Waals surface area contributed by atoms with Crippen molar-refractivity contribution < 1.29 is 17.7 Å². The summed E-state index contributed by atoms with van der Waals surface area (Å²) in [5, 5.41) is 10.3. The molecule has 21 heavy (non-hydrogen) atoms. The molecule has 1 aliphatic rings. The van der Waals surface area contributed by atoms with Gasteiger partial charge in [-0.2, -0.15) is 8.42 Å². The zero-order valence-corrected chi connectivity index (χ0v) is 14.3. The third kappa shape index (κ3) is 7.58. The van der Waals surface area contributed by atoms with E-state index in [1.807, 2.05) is 13.8 Å². The fourth-order valence-electron chi connectivity index (χ4n) is 3.18. The first-order valence-electron chi connectivity index (χ1n) is 8.01. The molecule has 0 amide bonds. The van der Waals surface area contributed by atoms with Gasteiger partial charge in [0.05, 0.1) is 12.4 Å². The summed E-state index contributed by atoms with van der Waals surface area (Å²) in [6.45, 7) is 3.96. The van der Waals surface area contributed by atoms with Gasteiger partial charge in [-0.25, -0.2) is 0 Å². The van der Waals surface area contributed by atoms with E-state index in [1.54, 1.807) is 0 Å². The average Bonchev–Trinajstić information content (AvgIpc) is 2.35. The zero-order valence-electron chi connectivity index (χ0n) is 13.5. The van der Waals surface area contributed by atoms with Gasteiger partial charge in [-0.15, -0.1) is 0 Å². The Balaban J connectivity index is 2.68.